The molecule has 0 spiro atoms. The Labute approximate surface area is 100 Å². The lowest BCUT2D eigenvalue weighted by Crippen LogP contribution is -2.42. The van der Waals surface area contributed by atoms with E-state index in [1.807, 2.05) is 13.8 Å². The van der Waals surface area contributed by atoms with E-state index in [1.165, 1.54) is 17.2 Å². The number of nitrogens with zero attached hydrogens (tertiary/aromatic N) is 1. The summed E-state index contributed by atoms with van der Waals surface area (Å²) < 4.78 is 5.67. The van der Waals surface area contributed by atoms with Crippen LogP contribution in [0.25, 0.3) is 0 Å². The monoisotopic (exact) mass is 239 g/mol. The van der Waals surface area contributed by atoms with Crippen molar-refractivity contribution in [2.24, 2.45) is 11.8 Å². The van der Waals surface area contributed by atoms with E-state index in [0.717, 1.165) is 0 Å². The minimum atomic E-state index is -0.376. The van der Waals surface area contributed by atoms with Crippen LogP contribution in [0.15, 0.2) is 12.3 Å². The van der Waals surface area contributed by atoms with Crippen LogP contribution in [0, 0.1) is 11.8 Å². The fourth-order valence-corrected chi connectivity index (χ4v) is 2.33. The van der Waals surface area contributed by atoms with Gasteiger partial charge in [0, 0.05) is 12.1 Å². The van der Waals surface area contributed by atoms with Gasteiger partial charge in [-0.05, 0) is 12.0 Å². The maximum Gasteiger partial charge on any atom is 0.236 e. The van der Waals surface area contributed by atoms with Crippen LogP contribution < -0.4 is 0 Å². The Hall–Kier alpha value is -1.20. The molecular formula is C12H17NO4. The summed E-state index contributed by atoms with van der Waals surface area (Å²) >= 11 is 0. The van der Waals surface area contributed by atoms with Gasteiger partial charge >= 0.3 is 0 Å². The molecule has 0 saturated carbocycles. The van der Waals surface area contributed by atoms with E-state index in [1.54, 1.807) is 0 Å². The minimum Gasteiger partial charge on any atom is -0.394 e. The van der Waals surface area contributed by atoms with Gasteiger partial charge in [-0.25, -0.2) is 0 Å². The summed E-state index contributed by atoms with van der Waals surface area (Å²) in [5, 5.41) is 9.18. The van der Waals surface area contributed by atoms with Crippen molar-refractivity contribution in [3.05, 3.63) is 12.3 Å². The van der Waals surface area contributed by atoms with E-state index < -0.39 is 0 Å². The molecule has 1 amide bonds. The largest absolute Gasteiger partial charge is 0.394 e. The Bertz CT molecular complexity index is 366. The molecule has 0 aromatic carbocycles. The highest BCUT2D eigenvalue weighted by molar-refractivity contribution is 6.06. The van der Waals surface area contributed by atoms with Gasteiger partial charge < -0.3 is 9.84 Å². The number of aliphatic hydroxyl groups excluding tert-OH is 1. The third-order valence-corrected chi connectivity index (χ3v) is 3.67. The summed E-state index contributed by atoms with van der Waals surface area (Å²) in [7, 11) is 0. The first-order valence-electron chi connectivity index (χ1n) is 5.83. The predicted octanol–water partition coefficient (Wildman–Crippen LogP) is 0.291. The summed E-state index contributed by atoms with van der Waals surface area (Å²) in [5.41, 5.74) is 0. The quantitative estimate of drug-likeness (QED) is 0.703. The van der Waals surface area contributed by atoms with Crippen LogP contribution >= 0.6 is 0 Å². The van der Waals surface area contributed by atoms with Crippen LogP contribution in [-0.2, 0) is 14.3 Å². The molecule has 0 aromatic rings. The van der Waals surface area contributed by atoms with Crippen molar-refractivity contribution in [2.45, 2.75) is 32.6 Å². The molecule has 0 bridgehead atoms. The zero-order valence-corrected chi connectivity index (χ0v) is 10.00. The summed E-state index contributed by atoms with van der Waals surface area (Å²) in [5.74, 6) is -0.0958. The van der Waals surface area contributed by atoms with Crippen molar-refractivity contribution in [3.63, 3.8) is 0 Å². The van der Waals surface area contributed by atoms with Gasteiger partial charge in [-0.2, -0.15) is 0 Å². The highest BCUT2D eigenvalue weighted by atomic mass is 16.5. The first kappa shape index (κ1) is 12.3. The van der Waals surface area contributed by atoms with Gasteiger partial charge in [-0.1, -0.05) is 13.8 Å². The molecule has 5 nitrogen and oxygen atoms in total. The summed E-state index contributed by atoms with van der Waals surface area (Å²) in [6.45, 7) is 3.93. The molecule has 0 radical (unpaired) electrons. The van der Waals surface area contributed by atoms with Gasteiger partial charge in [-0.3, -0.25) is 14.5 Å². The lowest BCUT2D eigenvalue weighted by Gasteiger charge is -2.29. The standard InChI is InChI=1S/C12H17NO4/c1-7-8(2)12(17-10(7)6-14)13-4-3-9(15)5-11(13)16/h3-4,7-8,10,12,14H,5-6H2,1-2H3/t7-,8-,10+,12+/m0/s1. The maximum atomic E-state index is 11.8. The second-order valence-corrected chi connectivity index (χ2v) is 4.73. The number of hydrogen-bond donors (Lipinski definition) is 1. The molecule has 17 heavy (non-hydrogen) atoms. The Morgan fingerprint density at radius 3 is 2.65 bits per heavy atom. The number of carbonyl (C=O) groups excluding carboxylic acids is 2. The van der Waals surface area contributed by atoms with Gasteiger partial charge in [-0.15, -0.1) is 0 Å². The van der Waals surface area contributed by atoms with E-state index in [9.17, 15) is 14.7 Å². The first-order valence-corrected chi connectivity index (χ1v) is 5.83. The summed E-state index contributed by atoms with van der Waals surface area (Å²) in [4.78, 5) is 24.3. The second-order valence-electron chi connectivity index (χ2n) is 4.73. The lowest BCUT2D eigenvalue weighted by molar-refractivity contribution is -0.145. The molecule has 2 aliphatic rings. The first-order chi connectivity index (χ1) is 8.04. The number of ketones is 1. The highest BCUT2D eigenvalue weighted by Gasteiger charge is 2.43. The fraction of sp³-hybridized carbons (Fsp3) is 0.667. The summed E-state index contributed by atoms with van der Waals surface area (Å²) in [6, 6.07) is 0. The van der Waals surface area contributed by atoms with Gasteiger partial charge in [0.2, 0.25) is 5.91 Å². The molecule has 1 saturated heterocycles. The SMILES string of the molecule is C[C@H]1[C@H](C)[C@@H](CO)O[C@H]1N1C=CC(=O)CC1=O. The fourth-order valence-electron chi connectivity index (χ4n) is 2.33. The smallest absolute Gasteiger partial charge is 0.236 e. The third-order valence-electron chi connectivity index (χ3n) is 3.67. The number of rotatable bonds is 2. The number of carbonyl (C=O) groups is 2. The van der Waals surface area contributed by atoms with E-state index in [4.69, 9.17) is 4.74 Å². The van der Waals surface area contributed by atoms with Crippen molar-refractivity contribution in [3.8, 4) is 0 Å². The minimum absolute atomic E-state index is 0.0489. The van der Waals surface area contributed by atoms with E-state index in [-0.39, 0.29) is 48.9 Å². The van der Waals surface area contributed by atoms with Crippen LogP contribution in [-0.4, -0.2) is 40.6 Å². The van der Waals surface area contributed by atoms with E-state index in [2.05, 4.69) is 0 Å². The van der Waals surface area contributed by atoms with Crippen LogP contribution in [0.1, 0.15) is 20.3 Å². The van der Waals surface area contributed by atoms with Crippen molar-refractivity contribution >= 4 is 11.7 Å². The molecule has 1 N–H and O–H groups in total. The van der Waals surface area contributed by atoms with E-state index >= 15 is 0 Å². The predicted molar refractivity (Wildman–Crippen MR) is 59.7 cm³/mol. The van der Waals surface area contributed by atoms with Gasteiger partial charge in [0.1, 0.15) is 6.23 Å². The number of allylic oxidation sites excluding steroid dienone is 1. The van der Waals surface area contributed by atoms with Gasteiger partial charge in [0.05, 0.1) is 19.1 Å². The Balaban J connectivity index is 2.16. The number of hydrogen-bond acceptors (Lipinski definition) is 4. The molecule has 0 aromatic heterocycles. The Kier molecular flexibility index (Phi) is 3.31. The average molecular weight is 239 g/mol. The van der Waals surface area contributed by atoms with Crippen LogP contribution in [0.5, 0.6) is 0 Å². The van der Waals surface area contributed by atoms with E-state index in [0.29, 0.717) is 0 Å². The van der Waals surface area contributed by atoms with Gasteiger partial charge in [0.25, 0.3) is 0 Å². The molecule has 1 fully saturated rings. The van der Waals surface area contributed by atoms with Crippen LogP contribution in [0.2, 0.25) is 0 Å². The molecule has 2 heterocycles. The maximum absolute atomic E-state index is 11.8. The van der Waals surface area contributed by atoms with Crippen molar-refractivity contribution in [1.29, 1.82) is 0 Å². The van der Waals surface area contributed by atoms with Crippen molar-refractivity contribution in [1.82, 2.24) is 4.90 Å². The zero-order chi connectivity index (χ0) is 12.6. The summed E-state index contributed by atoms with van der Waals surface area (Å²) in [6.07, 6.45) is 2.17. The molecule has 0 aliphatic carbocycles. The Morgan fingerprint density at radius 1 is 1.41 bits per heavy atom. The molecule has 0 unspecified atom stereocenters. The lowest BCUT2D eigenvalue weighted by atomic mass is 9.92. The van der Waals surface area contributed by atoms with Crippen molar-refractivity contribution in [2.75, 3.05) is 6.61 Å². The molecule has 4 atom stereocenters. The zero-order valence-electron chi connectivity index (χ0n) is 10.00. The average Bonchev–Trinajstić information content (AvgIpc) is 2.57. The second kappa shape index (κ2) is 4.58. The normalized spacial score (nSPS) is 37.9. The third kappa shape index (κ3) is 2.12. The topological polar surface area (TPSA) is 66.8 Å². The molecule has 2 aliphatic heterocycles. The molecule has 2 rings (SSSR count). The number of aliphatic hydroxyl groups is 1. The molecule has 5 heteroatoms. The Morgan fingerprint density at radius 2 is 2.12 bits per heavy atom. The number of ether oxygens (including phenoxy) is 1. The van der Waals surface area contributed by atoms with Gasteiger partial charge in [0.15, 0.2) is 5.78 Å². The highest BCUT2D eigenvalue weighted by Crippen LogP contribution is 2.34. The van der Waals surface area contributed by atoms with Crippen LogP contribution in [0.4, 0.5) is 0 Å². The number of amides is 1. The van der Waals surface area contributed by atoms with Crippen LogP contribution in [0.3, 0.4) is 0 Å². The molecular weight excluding hydrogens is 222 g/mol. The van der Waals surface area contributed by atoms with Crippen molar-refractivity contribution < 1.29 is 19.4 Å². The molecule has 94 valence electrons.